The molecule has 1 fully saturated rings. The molecule has 2 heterocycles. The second-order valence-electron chi connectivity index (χ2n) is 7.10. The lowest BCUT2D eigenvalue weighted by molar-refractivity contribution is 0.117. The van der Waals surface area contributed by atoms with Gasteiger partial charge in [0.25, 0.3) is 10.0 Å². The Bertz CT molecular complexity index is 721. The molecule has 1 saturated heterocycles. The van der Waals surface area contributed by atoms with Crippen LogP contribution < -0.4 is 10.5 Å². The number of unbranched alkanes of at least 4 members (excludes halogenated alkanes) is 1. The highest BCUT2D eigenvalue weighted by Gasteiger charge is 2.40. The Hall–Kier alpha value is -1.87. The lowest BCUT2D eigenvalue weighted by Gasteiger charge is -2.28. The van der Waals surface area contributed by atoms with Crippen LogP contribution in [0.25, 0.3) is 0 Å². The van der Waals surface area contributed by atoms with Crippen LogP contribution in [-0.4, -0.2) is 48.1 Å². The first-order valence-electron chi connectivity index (χ1n) is 8.34. The minimum atomic E-state index is -3.80. The molecule has 1 atom stereocenters. The van der Waals surface area contributed by atoms with Gasteiger partial charge in [-0.15, -0.1) is 0 Å². The van der Waals surface area contributed by atoms with Crippen molar-refractivity contribution in [2.45, 2.75) is 50.1 Å². The summed E-state index contributed by atoms with van der Waals surface area (Å²) >= 11 is 0. The third-order valence-electron chi connectivity index (χ3n) is 4.55. The van der Waals surface area contributed by atoms with Crippen LogP contribution in [0.3, 0.4) is 0 Å². The first-order valence-corrected chi connectivity index (χ1v) is 9.88. The van der Waals surface area contributed by atoms with Crippen LogP contribution in [0.2, 0.25) is 0 Å². The molecule has 0 saturated carbocycles. The molecule has 0 aliphatic carbocycles. The summed E-state index contributed by atoms with van der Waals surface area (Å²) in [7, 11) is -3.80. The minimum absolute atomic E-state index is 0.153. The summed E-state index contributed by atoms with van der Waals surface area (Å²) in [6.07, 6.45) is 2.86. The van der Waals surface area contributed by atoms with E-state index < -0.39 is 16.1 Å². The Balaban J connectivity index is 1.73. The third-order valence-corrected chi connectivity index (χ3v) is 5.36. The molecule has 4 N–H and O–H groups in total. The molecule has 1 aliphatic heterocycles. The number of sulfonamides is 1. The highest BCUT2D eigenvalue weighted by Crippen LogP contribution is 2.35. The van der Waals surface area contributed by atoms with Crippen molar-refractivity contribution in [3.05, 3.63) is 18.2 Å². The third kappa shape index (κ3) is 5.30. The number of anilines is 1. The van der Waals surface area contributed by atoms with Gasteiger partial charge in [0, 0.05) is 18.6 Å². The van der Waals surface area contributed by atoms with E-state index in [2.05, 4.69) is 10.3 Å². The van der Waals surface area contributed by atoms with Gasteiger partial charge in [-0.2, -0.15) is 0 Å². The average Bonchev–Trinajstić information content (AvgIpc) is 2.81. The summed E-state index contributed by atoms with van der Waals surface area (Å²) in [6, 6.07) is 4.64. The van der Waals surface area contributed by atoms with Crippen molar-refractivity contribution in [2.24, 2.45) is 11.1 Å². The molecule has 9 heteroatoms. The topological polar surface area (TPSA) is 126 Å². The molecule has 1 aliphatic rings. The van der Waals surface area contributed by atoms with E-state index in [1.807, 2.05) is 13.8 Å². The fourth-order valence-corrected chi connectivity index (χ4v) is 3.86. The zero-order valence-electron chi connectivity index (χ0n) is 14.6. The van der Waals surface area contributed by atoms with Crippen molar-refractivity contribution in [3.63, 3.8) is 0 Å². The predicted octanol–water partition coefficient (Wildman–Crippen LogP) is 2.09. The van der Waals surface area contributed by atoms with E-state index in [0.717, 1.165) is 25.7 Å². The molecule has 0 spiro atoms. The van der Waals surface area contributed by atoms with Gasteiger partial charge in [0.1, 0.15) is 5.82 Å². The minimum Gasteiger partial charge on any atom is -0.465 e. The van der Waals surface area contributed by atoms with Gasteiger partial charge < -0.3 is 15.3 Å². The number of rotatable bonds is 7. The van der Waals surface area contributed by atoms with Crippen LogP contribution in [-0.2, 0) is 10.0 Å². The number of nitrogens with zero attached hydrogens (tertiary/aromatic N) is 2. The summed E-state index contributed by atoms with van der Waals surface area (Å²) in [4.78, 5) is 16.7. The summed E-state index contributed by atoms with van der Waals surface area (Å²) < 4.78 is 22.6. The lowest BCUT2D eigenvalue weighted by Crippen LogP contribution is -2.41. The van der Waals surface area contributed by atoms with Gasteiger partial charge in [-0.3, -0.25) is 0 Å². The second-order valence-corrected chi connectivity index (χ2v) is 8.61. The number of nitrogens with one attached hydrogen (secondary N) is 1. The van der Waals surface area contributed by atoms with Crippen LogP contribution in [0, 0.1) is 5.92 Å². The number of primary sulfonamides is 1. The second kappa shape index (κ2) is 7.57. The summed E-state index contributed by atoms with van der Waals surface area (Å²) in [5.74, 6) is 0.862. The number of hydrogen-bond donors (Lipinski definition) is 3. The SMILES string of the molecule is CC1(C)CC(CCCCNc2cccc(S(N)(=O)=O)n2)CN1C(=O)O. The van der Waals surface area contributed by atoms with Crippen molar-refractivity contribution in [3.8, 4) is 0 Å². The molecule has 0 aromatic carbocycles. The highest BCUT2D eigenvalue weighted by atomic mass is 32.2. The number of carboxylic acid groups (broad SMARTS) is 1. The van der Waals surface area contributed by atoms with Gasteiger partial charge in [-0.05, 0) is 51.2 Å². The molecule has 8 nitrogen and oxygen atoms in total. The van der Waals surface area contributed by atoms with E-state index in [1.54, 1.807) is 12.1 Å². The Labute approximate surface area is 148 Å². The van der Waals surface area contributed by atoms with Gasteiger partial charge in [0.15, 0.2) is 5.03 Å². The van der Waals surface area contributed by atoms with Gasteiger partial charge >= 0.3 is 6.09 Å². The maximum Gasteiger partial charge on any atom is 0.407 e. The zero-order chi connectivity index (χ0) is 18.7. The quantitative estimate of drug-likeness (QED) is 0.631. The molecule has 1 unspecified atom stereocenters. The van der Waals surface area contributed by atoms with Crippen molar-refractivity contribution in [1.29, 1.82) is 0 Å². The van der Waals surface area contributed by atoms with Crippen molar-refractivity contribution in [2.75, 3.05) is 18.4 Å². The van der Waals surface area contributed by atoms with Crippen LogP contribution >= 0.6 is 0 Å². The Morgan fingerprint density at radius 1 is 1.44 bits per heavy atom. The van der Waals surface area contributed by atoms with E-state index in [9.17, 15) is 18.3 Å². The van der Waals surface area contributed by atoms with E-state index in [4.69, 9.17) is 5.14 Å². The molecule has 1 aromatic heterocycles. The van der Waals surface area contributed by atoms with Crippen LogP contribution in [0.15, 0.2) is 23.2 Å². The number of aromatic nitrogens is 1. The van der Waals surface area contributed by atoms with Crippen molar-refractivity contribution < 1.29 is 18.3 Å². The van der Waals surface area contributed by atoms with Crippen LogP contribution in [0.5, 0.6) is 0 Å². The zero-order valence-corrected chi connectivity index (χ0v) is 15.4. The number of carbonyl (C=O) groups is 1. The van der Waals surface area contributed by atoms with Crippen molar-refractivity contribution >= 4 is 21.9 Å². The van der Waals surface area contributed by atoms with Gasteiger partial charge in [-0.25, -0.2) is 23.3 Å². The largest absolute Gasteiger partial charge is 0.465 e. The molecular weight excluding hydrogens is 344 g/mol. The van der Waals surface area contributed by atoms with E-state index in [-0.39, 0.29) is 10.6 Å². The summed E-state index contributed by atoms with van der Waals surface area (Å²) in [5.41, 5.74) is -0.299. The first kappa shape index (κ1) is 19.5. The molecular formula is C16H26N4O4S. The maximum absolute atomic E-state index is 11.3. The summed E-state index contributed by atoms with van der Waals surface area (Å²) in [5, 5.41) is 17.2. The molecule has 140 valence electrons. The molecule has 25 heavy (non-hydrogen) atoms. The Morgan fingerprint density at radius 2 is 2.16 bits per heavy atom. The monoisotopic (exact) mass is 370 g/mol. The molecule has 1 aromatic rings. The average molecular weight is 370 g/mol. The standard InChI is InChI=1S/C16H26N4O4S/c1-16(2)10-12(11-20(16)15(21)22)6-3-4-9-18-13-7-5-8-14(19-13)25(17,23)24/h5,7-8,12H,3-4,6,9-11H2,1-2H3,(H,18,19)(H,21,22)(H2,17,23,24). The Kier molecular flexibility index (Phi) is 5.89. The maximum atomic E-state index is 11.3. The smallest absolute Gasteiger partial charge is 0.407 e. The molecule has 0 radical (unpaired) electrons. The van der Waals surface area contributed by atoms with E-state index in [0.29, 0.717) is 24.8 Å². The van der Waals surface area contributed by atoms with Crippen LogP contribution in [0.1, 0.15) is 39.5 Å². The number of hydrogen-bond acceptors (Lipinski definition) is 5. The number of amides is 1. The van der Waals surface area contributed by atoms with Crippen molar-refractivity contribution in [1.82, 2.24) is 9.88 Å². The number of nitrogens with two attached hydrogens (primary N) is 1. The number of pyridine rings is 1. The first-order chi connectivity index (χ1) is 11.6. The normalized spacial score (nSPS) is 19.8. The molecule has 0 bridgehead atoms. The van der Waals surface area contributed by atoms with Crippen LogP contribution in [0.4, 0.5) is 10.6 Å². The predicted molar refractivity (Wildman–Crippen MR) is 94.9 cm³/mol. The molecule has 2 rings (SSSR count). The Morgan fingerprint density at radius 3 is 2.76 bits per heavy atom. The van der Waals surface area contributed by atoms with E-state index >= 15 is 0 Å². The van der Waals surface area contributed by atoms with Gasteiger partial charge in [-0.1, -0.05) is 12.5 Å². The molecule has 1 amide bonds. The van der Waals surface area contributed by atoms with Gasteiger partial charge in [0.2, 0.25) is 0 Å². The summed E-state index contributed by atoms with van der Waals surface area (Å²) in [6.45, 7) is 5.19. The van der Waals surface area contributed by atoms with E-state index in [1.165, 1.54) is 11.0 Å². The lowest BCUT2D eigenvalue weighted by atomic mass is 9.93. The van der Waals surface area contributed by atoms with Gasteiger partial charge in [0.05, 0.1) is 0 Å². The highest BCUT2D eigenvalue weighted by molar-refractivity contribution is 7.89. The number of likely N-dealkylation sites (tertiary alicyclic amines) is 1. The fraction of sp³-hybridized carbons (Fsp3) is 0.625. The fourth-order valence-electron chi connectivity index (χ4n) is 3.36.